The minimum atomic E-state index is -0.486. The number of pyridine rings is 1. The third kappa shape index (κ3) is 4.40. The number of piperidine rings is 1. The number of hydrogen-bond acceptors (Lipinski definition) is 7. The number of nitrogens with one attached hydrogen (secondary N) is 1. The van der Waals surface area contributed by atoms with Crippen molar-refractivity contribution < 1.29 is 9.59 Å². The Labute approximate surface area is 206 Å². The van der Waals surface area contributed by atoms with E-state index in [2.05, 4.69) is 25.4 Å². The van der Waals surface area contributed by atoms with Gasteiger partial charge in [-0.15, -0.1) is 0 Å². The fourth-order valence-electron chi connectivity index (χ4n) is 4.14. The topological polar surface area (TPSA) is 132 Å². The summed E-state index contributed by atoms with van der Waals surface area (Å²) < 4.78 is 1.64. The summed E-state index contributed by atoms with van der Waals surface area (Å²) in [7, 11) is 3.54. The summed E-state index contributed by atoms with van der Waals surface area (Å²) in [6.45, 7) is 0.568. The van der Waals surface area contributed by atoms with Gasteiger partial charge in [-0.2, -0.15) is 5.10 Å². The first-order valence-electron chi connectivity index (χ1n) is 11.1. The highest BCUT2D eigenvalue weighted by Gasteiger charge is 2.27. The molecular formula is C24H23ClN8O2. The van der Waals surface area contributed by atoms with E-state index in [-0.39, 0.29) is 29.9 Å². The number of hydrogen-bond donors (Lipinski definition) is 2. The van der Waals surface area contributed by atoms with Gasteiger partial charge in [0.05, 0.1) is 16.2 Å². The normalized spacial score (nSPS) is 16.0. The lowest BCUT2D eigenvalue weighted by molar-refractivity contribution is -0.132. The molecule has 0 saturated carbocycles. The Morgan fingerprint density at radius 2 is 2.03 bits per heavy atom. The Morgan fingerprint density at radius 1 is 1.20 bits per heavy atom. The number of carbonyl (C=O) groups excluding carboxylic acids is 2. The second kappa shape index (κ2) is 8.95. The molecular weight excluding hydrogens is 468 g/mol. The predicted octanol–water partition coefficient (Wildman–Crippen LogP) is 2.68. The molecule has 0 bridgehead atoms. The quantitative estimate of drug-likeness (QED) is 0.449. The van der Waals surface area contributed by atoms with Crippen molar-refractivity contribution in [2.24, 2.45) is 7.05 Å². The molecule has 1 aliphatic heterocycles. The molecule has 0 spiro atoms. The van der Waals surface area contributed by atoms with E-state index in [1.165, 1.54) is 0 Å². The number of aryl methyl sites for hydroxylation is 1. The summed E-state index contributed by atoms with van der Waals surface area (Å²) in [5.41, 5.74) is 8.88. The maximum absolute atomic E-state index is 13.2. The van der Waals surface area contributed by atoms with Crippen molar-refractivity contribution in [2.45, 2.75) is 18.9 Å². The Bertz CT molecular complexity index is 1470. The molecule has 1 unspecified atom stereocenters. The van der Waals surface area contributed by atoms with Crippen LogP contribution in [0.5, 0.6) is 0 Å². The van der Waals surface area contributed by atoms with Crippen LogP contribution < -0.4 is 11.1 Å². The third-order valence-electron chi connectivity index (χ3n) is 6.02. The van der Waals surface area contributed by atoms with Crippen molar-refractivity contribution in [2.75, 3.05) is 19.3 Å². The Balaban J connectivity index is 1.60. The molecule has 1 atom stereocenters. The molecule has 1 aromatic carbocycles. The monoisotopic (exact) mass is 490 g/mol. The van der Waals surface area contributed by atoms with Crippen molar-refractivity contribution in [3.8, 4) is 22.6 Å². The van der Waals surface area contributed by atoms with Gasteiger partial charge in [-0.1, -0.05) is 17.7 Å². The first-order chi connectivity index (χ1) is 16.8. The zero-order chi connectivity index (χ0) is 24.7. The lowest BCUT2D eigenvalue weighted by atomic mass is 10.0. The summed E-state index contributed by atoms with van der Waals surface area (Å²) in [5.74, 6) is -0.536. The molecule has 10 nitrogen and oxygen atoms in total. The van der Waals surface area contributed by atoms with Crippen LogP contribution >= 0.6 is 11.6 Å². The van der Waals surface area contributed by atoms with E-state index < -0.39 is 5.91 Å². The van der Waals surface area contributed by atoms with E-state index in [9.17, 15) is 9.59 Å². The van der Waals surface area contributed by atoms with Crippen LogP contribution in [-0.4, -0.2) is 61.1 Å². The minimum absolute atomic E-state index is 0.0199. The Morgan fingerprint density at radius 3 is 2.77 bits per heavy atom. The fraction of sp³-hybridized carbons (Fsp3) is 0.250. The third-order valence-corrected chi connectivity index (χ3v) is 6.31. The largest absolute Gasteiger partial charge is 0.382 e. The number of rotatable bonds is 4. The van der Waals surface area contributed by atoms with Crippen molar-refractivity contribution in [3.63, 3.8) is 0 Å². The number of carbonyl (C=O) groups is 2. The van der Waals surface area contributed by atoms with Gasteiger partial charge in [0.1, 0.15) is 11.4 Å². The summed E-state index contributed by atoms with van der Waals surface area (Å²) in [6.07, 6.45) is 4.33. The molecule has 1 aliphatic rings. The average molecular weight is 491 g/mol. The minimum Gasteiger partial charge on any atom is -0.382 e. The van der Waals surface area contributed by atoms with E-state index in [4.69, 9.17) is 17.3 Å². The van der Waals surface area contributed by atoms with Crippen LogP contribution in [0.3, 0.4) is 0 Å². The van der Waals surface area contributed by atoms with Gasteiger partial charge in [0.25, 0.3) is 5.91 Å². The molecule has 1 fully saturated rings. The van der Waals surface area contributed by atoms with Gasteiger partial charge in [-0.3, -0.25) is 19.3 Å². The first kappa shape index (κ1) is 22.7. The van der Waals surface area contributed by atoms with Crippen LogP contribution in [0.1, 0.15) is 23.3 Å². The molecule has 4 heterocycles. The highest BCUT2D eigenvalue weighted by atomic mass is 35.5. The van der Waals surface area contributed by atoms with Gasteiger partial charge in [0, 0.05) is 56.4 Å². The lowest BCUT2D eigenvalue weighted by Crippen LogP contribution is -2.46. The number of anilines is 1. The predicted molar refractivity (Wildman–Crippen MR) is 133 cm³/mol. The second-order valence-electron chi connectivity index (χ2n) is 8.54. The van der Waals surface area contributed by atoms with Crippen molar-refractivity contribution >= 4 is 40.1 Å². The number of halogens is 1. The SMILES string of the molecule is CN1CCC(NC(=O)c2nc(-c3cc(Cl)c4ncccc4c3)c(-c3ccn(C)n3)nc2N)CC1=O. The van der Waals surface area contributed by atoms with Gasteiger partial charge >= 0.3 is 0 Å². The van der Waals surface area contributed by atoms with E-state index >= 15 is 0 Å². The van der Waals surface area contributed by atoms with Gasteiger partial charge in [0.15, 0.2) is 11.5 Å². The number of aromatic nitrogens is 5. The highest BCUT2D eigenvalue weighted by Crippen LogP contribution is 2.34. The van der Waals surface area contributed by atoms with Gasteiger partial charge in [-0.25, -0.2) is 9.97 Å². The number of nitrogen functional groups attached to an aromatic ring is 1. The van der Waals surface area contributed by atoms with E-state index in [1.807, 2.05) is 18.2 Å². The maximum atomic E-state index is 13.2. The molecule has 0 radical (unpaired) electrons. The Kier molecular flexibility index (Phi) is 5.81. The van der Waals surface area contributed by atoms with Crippen LogP contribution in [0.2, 0.25) is 5.02 Å². The number of amides is 2. The highest BCUT2D eigenvalue weighted by molar-refractivity contribution is 6.35. The molecule has 3 aromatic heterocycles. The summed E-state index contributed by atoms with van der Waals surface area (Å²) in [4.78, 5) is 40.4. The number of nitrogens with zero attached hydrogens (tertiary/aromatic N) is 6. The molecule has 11 heteroatoms. The van der Waals surface area contributed by atoms with Crippen LogP contribution in [0, 0.1) is 0 Å². The van der Waals surface area contributed by atoms with Crippen LogP contribution in [-0.2, 0) is 11.8 Å². The van der Waals surface area contributed by atoms with Crippen molar-refractivity contribution in [1.29, 1.82) is 0 Å². The number of fused-ring (bicyclic) bond motifs is 1. The molecule has 3 N–H and O–H groups in total. The number of benzene rings is 1. The Hall–Kier alpha value is -4.05. The zero-order valence-corrected chi connectivity index (χ0v) is 20.0. The van der Waals surface area contributed by atoms with E-state index in [0.29, 0.717) is 46.2 Å². The zero-order valence-electron chi connectivity index (χ0n) is 19.2. The van der Waals surface area contributed by atoms with Gasteiger partial charge in [0.2, 0.25) is 5.91 Å². The number of nitrogens with two attached hydrogens (primary N) is 1. The van der Waals surface area contributed by atoms with Crippen LogP contribution in [0.4, 0.5) is 5.82 Å². The smallest absolute Gasteiger partial charge is 0.273 e. The molecule has 35 heavy (non-hydrogen) atoms. The standard InChI is InChI=1S/C24H23ClN8O2/c1-32-8-5-15(12-18(32)34)28-24(35)22-23(26)30-21(17-6-9-33(2)31-17)20(29-22)14-10-13-4-3-7-27-19(13)16(25)11-14/h3-4,6-7,9-11,15H,5,8,12H2,1-2H3,(H2,26,30)(H,28,35). The van der Waals surface area contributed by atoms with E-state index in [1.54, 1.807) is 48.2 Å². The molecule has 1 saturated heterocycles. The average Bonchev–Trinajstić information content (AvgIpc) is 3.27. The molecule has 4 aromatic rings. The van der Waals surface area contributed by atoms with Crippen molar-refractivity contribution in [1.82, 2.24) is 34.9 Å². The van der Waals surface area contributed by atoms with Gasteiger partial charge < -0.3 is 16.0 Å². The van der Waals surface area contributed by atoms with Crippen molar-refractivity contribution in [3.05, 3.63) is 53.4 Å². The fourth-order valence-corrected chi connectivity index (χ4v) is 4.42. The van der Waals surface area contributed by atoms with Crippen LogP contribution in [0.25, 0.3) is 33.5 Å². The van der Waals surface area contributed by atoms with Crippen LogP contribution in [0.15, 0.2) is 42.7 Å². The number of likely N-dealkylation sites (tertiary alicyclic amines) is 1. The lowest BCUT2D eigenvalue weighted by Gasteiger charge is -2.29. The van der Waals surface area contributed by atoms with E-state index in [0.717, 1.165) is 5.39 Å². The molecule has 178 valence electrons. The maximum Gasteiger partial charge on any atom is 0.273 e. The molecule has 0 aliphatic carbocycles. The summed E-state index contributed by atoms with van der Waals surface area (Å²) in [6, 6.07) is 8.83. The summed E-state index contributed by atoms with van der Waals surface area (Å²) in [5, 5.41) is 8.59. The summed E-state index contributed by atoms with van der Waals surface area (Å²) >= 11 is 6.53. The molecule has 5 rings (SSSR count). The molecule has 2 amide bonds. The second-order valence-corrected chi connectivity index (χ2v) is 8.95. The van der Waals surface area contributed by atoms with Gasteiger partial charge in [-0.05, 0) is 30.7 Å². The first-order valence-corrected chi connectivity index (χ1v) is 11.4.